The van der Waals surface area contributed by atoms with Crippen LogP contribution in [0, 0.1) is 0 Å². The van der Waals surface area contributed by atoms with E-state index in [2.05, 4.69) is 15.3 Å². The second kappa shape index (κ2) is 10.8. The molecule has 0 unspecified atom stereocenters. The Labute approximate surface area is 201 Å². The van der Waals surface area contributed by atoms with Crippen LogP contribution in [0.3, 0.4) is 0 Å². The summed E-state index contributed by atoms with van der Waals surface area (Å²) in [7, 11) is 1.33. The Morgan fingerprint density at radius 3 is 2.38 bits per heavy atom. The van der Waals surface area contributed by atoms with E-state index in [4.69, 9.17) is 0 Å². The minimum absolute atomic E-state index is 0.0872. The van der Waals surface area contributed by atoms with E-state index in [0.717, 1.165) is 16.7 Å². The molecule has 34 heavy (non-hydrogen) atoms. The number of ether oxygens (including phenoxy) is 1. The van der Waals surface area contributed by atoms with Crippen LogP contribution in [-0.2, 0) is 16.1 Å². The summed E-state index contributed by atoms with van der Waals surface area (Å²) in [6, 6.07) is 23.8. The minimum atomic E-state index is -0.413. The summed E-state index contributed by atoms with van der Waals surface area (Å²) >= 11 is 1.58. The number of carbonyl (C=O) groups is 3. The number of carbonyl (C=O) groups excluding carboxylic acids is 3. The molecule has 2 amide bonds. The first-order valence-electron chi connectivity index (χ1n) is 10.6. The smallest absolute Gasteiger partial charge is 0.337 e. The molecule has 0 saturated carbocycles. The highest BCUT2D eigenvalue weighted by Crippen LogP contribution is 2.39. The molecule has 1 saturated heterocycles. The normalized spacial score (nSPS) is 15.5. The maximum atomic E-state index is 12.5. The summed E-state index contributed by atoms with van der Waals surface area (Å²) in [5.41, 5.74) is 6.18. The van der Waals surface area contributed by atoms with Crippen LogP contribution in [0.5, 0.6) is 0 Å². The van der Waals surface area contributed by atoms with E-state index < -0.39 is 5.97 Å². The molecular weight excluding hydrogens is 450 g/mol. The van der Waals surface area contributed by atoms with Crippen molar-refractivity contribution in [3.8, 4) is 0 Å². The molecule has 0 radical (unpaired) electrons. The molecule has 0 bridgehead atoms. The number of methoxy groups -OCH3 is 1. The van der Waals surface area contributed by atoms with Gasteiger partial charge in [0.1, 0.15) is 5.37 Å². The van der Waals surface area contributed by atoms with Crippen molar-refractivity contribution in [2.24, 2.45) is 5.10 Å². The summed E-state index contributed by atoms with van der Waals surface area (Å²) in [5, 5.41) is 3.90. The van der Waals surface area contributed by atoms with Crippen molar-refractivity contribution >= 4 is 35.8 Å². The highest BCUT2D eigenvalue weighted by molar-refractivity contribution is 8.00. The van der Waals surface area contributed by atoms with E-state index in [1.54, 1.807) is 48.2 Å². The summed E-state index contributed by atoms with van der Waals surface area (Å²) in [6.45, 7) is 0.550. The molecule has 1 atom stereocenters. The van der Waals surface area contributed by atoms with E-state index in [1.165, 1.54) is 13.3 Å². The molecule has 4 rings (SSSR count). The van der Waals surface area contributed by atoms with E-state index in [-0.39, 0.29) is 17.2 Å². The fourth-order valence-corrected chi connectivity index (χ4v) is 4.72. The van der Waals surface area contributed by atoms with Gasteiger partial charge in [-0.05, 0) is 41.0 Å². The first-order chi connectivity index (χ1) is 16.5. The summed E-state index contributed by atoms with van der Waals surface area (Å²) in [5.74, 6) is -0.210. The van der Waals surface area contributed by atoms with Crippen molar-refractivity contribution in [3.63, 3.8) is 0 Å². The third kappa shape index (κ3) is 5.52. The molecule has 0 aliphatic carbocycles. The molecular formula is C26H23N3O4S. The minimum Gasteiger partial charge on any atom is -0.465 e. The zero-order valence-corrected chi connectivity index (χ0v) is 19.3. The number of esters is 1. The van der Waals surface area contributed by atoms with Crippen molar-refractivity contribution in [2.45, 2.75) is 11.9 Å². The van der Waals surface area contributed by atoms with Gasteiger partial charge in [0.25, 0.3) is 5.91 Å². The first kappa shape index (κ1) is 23.3. The summed E-state index contributed by atoms with van der Waals surface area (Å²) in [6.07, 6.45) is 1.50. The quantitative estimate of drug-likeness (QED) is 0.318. The van der Waals surface area contributed by atoms with Gasteiger partial charge >= 0.3 is 5.97 Å². The maximum Gasteiger partial charge on any atom is 0.337 e. The van der Waals surface area contributed by atoms with Crippen LogP contribution in [0.2, 0.25) is 0 Å². The van der Waals surface area contributed by atoms with Crippen LogP contribution in [0.4, 0.5) is 0 Å². The second-order valence-corrected chi connectivity index (χ2v) is 8.67. The highest BCUT2D eigenvalue weighted by Gasteiger charge is 2.32. The Morgan fingerprint density at radius 2 is 1.71 bits per heavy atom. The molecule has 3 aromatic rings. The lowest BCUT2D eigenvalue weighted by atomic mass is 10.1. The number of hydrogen-bond acceptors (Lipinski definition) is 6. The predicted molar refractivity (Wildman–Crippen MR) is 131 cm³/mol. The molecule has 3 aromatic carbocycles. The van der Waals surface area contributed by atoms with Gasteiger partial charge in [-0.15, -0.1) is 11.8 Å². The lowest BCUT2D eigenvalue weighted by molar-refractivity contribution is -0.128. The van der Waals surface area contributed by atoms with Crippen LogP contribution in [0.1, 0.15) is 42.8 Å². The SMILES string of the molecule is COC(=O)c1ccc(/C=N\NC(=O)c2ccc([C@H]3SCC(=O)N3Cc3ccccc3)cc2)cc1. The van der Waals surface area contributed by atoms with Gasteiger partial charge in [-0.2, -0.15) is 5.10 Å². The molecule has 1 fully saturated rings. The average Bonchev–Trinajstić information content (AvgIpc) is 3.24. The molecule has 0 spiro atoms. The second-order valence-electron chi connectivity index (χ2n) is 7.61. The summed E-state index contributed by atoms with van der Waals surface area (Å²) in [4.78, 5) is 38.2. The zero-order valence-electron chi connectivity index (χ0n) is 18.5. The molecule has 1 aliphatic rings. The zero-order chi connectivity index (χ0) is 23.9. The van der Waals surface area contributed by atoms with Crippen LogP contribution >= 0.6 is 11.8 Å². The van der Waals surface area contributed by atoms with Crippen LogP contribution in [-0.4, -0.2) is 41.8 Å². The van der Waals surface area contributed by atoms with Gasteiger partial charge in [-0.1, -0.05) is 54.6 Å². The van der Waals surface area contributed by atoms with Gasteiger partial charge in [0.15, 0.2) is 0 Å². The number of thioether (sulfide) groups is 1. The lowest BCUT2D eigenvalue weighted by Gasteiger charge is -2.24. The monoisotopic (exact) mass is 473 g/mol. The van der Waals surface area contributed by atoms with Gasteiger partial charge in [0.05, 0.1) is 24.6 Å². The number of rotatable bonds is 7. The van der Waals surface area contributed by atoms with Crippen molar-refractivity contribution in [1.29, 1.82) is 0 Å². The number of nitrogens with zero attached hydrogens (tertiary/aromatic N) is 2. The predicted octanol–water partition coefficient (Wildman–Crippen LogP) is 4.01. The Kier molecular flexibility index (Phi) is 7.39. The number of benzene rings is 3. The van der Waals surface area contributed by atoms with Crippen LogP contribution in [0.15, 0.2) is 84.0 Å². The Morgan fingerprint density at radius 1 is 1.03 bits per heavy atom. The average molecular weight is 474 g/mol. The largest absolute Gasteiger partial charge is 0.465 e. The van der Waals surface area contributed by atoms with E-state index >= 15 is 0 Å². The molecule has 0 aromatic heterocycles. The van der Waals surface area contributed by atoms with E-state index in [9.17, 15) is 14.4 Å². The van der Waals surface area contributed by atoms with E-state index in [1.807, 2.05) is 47.4 Å². The van der Waals surface area contributed by atoms with Crippen molar-refractivity contribution in [3.05, 3.63) is 107 Å². The van der Waals surface area contributed by atoms with Crippen molar-refractivity contribution in [2.75, 3.05) is 12.9 Å². The van der Waals surface area contributed by atoms with Gasteiger partial charge in [-0.3, -0.25) is 9.59 Å². The molecule has 8 heteroatoms. The van der Waals surface area contributed by atoms with Gasteiger partial charge in [0, 0.05) is 12.1 Å². The van der Waals surface area contributed by atoms with Gasteiger partial charge < -0.3 is 9.64 Å². The van der Waals surface area contributed by atoms with Gasteiger partial charge in [-0.25, -0.2) is 10.2 Å². The molecule has 1 N–H and O–H groups in total. The maximum absolute atomic E-state index is 12.5. The fraction of sp³-hybridized carbons (Fsp3) is 0.154. The lowest BCUT2D eigenvalue weighted by Crippen LogP contribution is -2.27. The Hall–Kier alpha value is -3.91. The number of amides is 2. The number of hydrazone groups is 1. The number of hydrogen-bond donors (Lipinski definition) is 1. The molecule has 172 valence electrons. The van der Waals surface area contributed by atoms with Crippen molar-refractivity contribution < 1.29 is 19.1 Å². The standard InChI is InChI=1S/C26H23N3O4S/c1-33-26(32)22-9-7-18(8-10-22)15-27-28-24(31)20-11-13-21(14-12-20)25-29(23(30)17-34-25)16-19-5-3-2-4-6-19/h2-15,25H,16-17H2,1H3,(H,28,31)/b27-15-/t25-/m1/s1. The molecule has 1 aliphatic heterocycles. The van der Waals surface area contributed by atoms with E-state index in [0.29, 0.717) is 23.4 Å². The number of nitrogens with one attached hydrogen (secondary N) is 1. The van der Waals surface area contributed by atoms with Crippen LogP contribution in [0.25, 0.3) is 0 Å². The highest BCUT2D eigenvalue weighted by atomic mass is 32.2. The van der Waals surface area contributed by atoms with Crippen LogP contribution < -0.4 is 5.43 Å². The fourth-order valence-electron chi connectivity index (χ4n) is 3.53. The van der Waals surface area contributed by atoms with Gasteiger partial charge in [0.2, 0.25) is 5.91 Å². The third-order valence-corrected chi connectivity index (χ3v) is 6.59. The summed E-state index contributed by atoms with van der Waals surface area (Å²) < 4.78 is 4.67. The topological polar surface area (TPSA) is 88.1 Å². The Bertz CT molecular complexity index is 1190. The third-order valence-electron chi connectivity index (χ3n) is 5.33. The Balaban J connectivity index is 1.37. The molecule has 1 heterocycles. The first-order valence-corrected chi connectivity index (χ1v) is 11.7. The molecule has 7 nitrogen and oxygen atoms in total. The van der Waals surface area contributed by atoms with Crippen molar-refractivity contribution in [1.82, 2.24) is 10.3 Å².